The normalized spacial score (nSPS) is 20.4. The Bertz CT molecular complexity index is 793. The number of rotatable bonds is 5. The van der Waals surface area contributed by atoms with Gasteiger partial charge in [-0.1, -0.05) is 23.7 Å². The summed E-state index contributed by atoms with van der Waals surface area (Å²) in [7, 11) is 0. The van der Waals surface area contributed by atoms with Crippen molar-refractivity contribution in [1.82, 2.24) is 9.78 Å². The third-order valence-electron chi connectivity index (χ3n) is 4.94. The van der Waals surface area contributed by atoms with Crippen molar-refractivity contribution in [3.63, 3.8) is 0 Å². The predicted molar refractivity (Wildman–Crippen MR) is 98.9 cm³/mol. The third kappa shape index (κ3) is 3.72. The molecule has 0 spiro atoms. The summed E-state index contributed by atoms with van der Waals surface area (Å²) in [6, 6.07) is 8.02. The molecule has 4 rings (SSSR count). The van der Waals surface area contributed by atoms with Crippen LogP contribution in [0.4, 0.5) is 5.69 Å². The molecule has 1 saturated heterocycles. The van der Waals surface area contributed by atoms with E-state index in [0.717, 1.165) is 38.3 Å². The molecule has 0 bridgehead atoms. The Morgan fingerprint density at radius 1 is 1.24 bits per heavy atom. The van der Waals surface area contributed by atoms with Crippen molar-refractivity contribution in [2.24, 2.45) is 5.92 Å². The van der Waals surface area contributed by atoms with Gasteiger partial charge in [0.15, 0.2) is 0 Å². The zero-order chi connectivity index (χ0) is 17.2. The Morgan fingerprint density at radius 2 is 2.04 bits per heavy atom. The fourth-order valence-electron chi connectivity index (χ4n) is 3.27. The summed E-state index contributed by atoms with van der Waals surface area (Å²) >= 11 is 6.29. The molecule has 5 nitrogen and oxygen atoms in total. The fourth-order valence-corrected chi connectivity index (χ4v) is 3.46. The van der Waals surface area contributed by atoms with Gasteiger partial charge in [0.1, 0.15) is 5.02 Å². The highest BCUT2D eigenvalue weighted by Crippen LogP contribution is 2.40. The number of halogens is 1. The molecule has 2 heterocycles. The third-order valence-corrected chi connectivity index (χ3v) is 5.31. The van der Waals surface area contributed by atoms with Crippen molar-refractivity contribution >= 4 is 17.3 Å². The minimum absolute atomic E-state index is 0.179. The van der Waals surface area contributed by atoms with E-state index in [-0.39, 0.29) is 10.6 Å². The molecular formula is C19H22ClN3O2. The Kier molecular flexibility index (Phi) is 4.77. The summed E-state index contributed by atoms with van der Waals surface area (Å²) in [5.41, 5.74) is 2.35. The van der Waals surface area contributed by atoms with Crippen LogP contribution in [-0.2, 0) is 4.74 Å². The molecule has 132 valence electrons. The molecule has 2 aliphatic rings. The minimum atomic E-state index is -0.300. The van der Waals surface area contributed by atoms with Gasteiger partial charge in [-0.05, 0) is 55.2 Å². The molecular weight excluding hydrogens is 338 g/mol. The van der Waals surface area contributed by atoms with Gasteiger partial charge < -0.3 is 10.1 Å². The van der Waals surface area contributed by atoms with Gasteiger partial charge in [0.05, 0.1) is 24.2 Å². The monoisotopic (exact) mass is 359 g/mol. The molecule has 2 aromatic rings. The molecule has 1 aliphatic heterocycles. The summed E-state index contributed by atoms with van der Waals surface area (Å²) in [5, 5.41) is 7.71. The highest BCUT2D eigenvalue weighted by molar-refractivity contribution is 6.32. The molecule has 1 saturated carbocycles. The van der Waals surface area contributed by atoms with E-state index >= 15 is 0 Å². The lowest BCUT2D eigenvalue weighted by Crippen LogP contribution is -2.26. The summed E-state index contributed by atoms with van der Waals surface area (Å²) in [5.74, 6) is 1.14. The van der Waals surface area contributed by atoms with Crippen LogP contribution in [0, 0.1) is 5.92 Å². The second kappa shape index (κ2) is 7.18. The highest BCUT2D eigenvalue weighted by atomic mass is 35.5. The summed E-state index contributed by atoms with van der Waals surface area (Å²) < 4.78 is 6.83. The van der Waals surface area contributed by atoms with E-state index < -0.39 is 0 Å². The second-order valence-electron chi connectivity index (χ2n) is 6.92. The van der Waals surface area contributed by atoms with Crippen LogP contribution in [0.3, 0.4) is 0 Å². The van der Waals surface area contributed by atoms with Crippen molar-refractivity contribution in [3.05, 3.63) is 51.4 Å². The Labute approximate surface area is 152 Å². The molecule has 2 fully saturated rings. The van der Waals surface area contributed by atoms with Crippen molar-refractivity contribution in [2.45, 2.75) is 31.6 Å². The molecule has 25 heavy (non-hydrogen) atoms. The van der Waals surface area contributed by atoms with Gasteiger partial charge in [0.25, 0.3) is 5.56 Å². The Hall–Kier alpha value is -1.85. The lowest BCUT2D eigenvalue weighted by molar-refractivity contribution is 0.0595. The molecule has 0 radical (unpaired) electrons. The maximum absolute atomic E-state index is 12.6. The van der Waals surface area contributed by atoms with Crippen LogP contribution in [-0.4, -0.2) is 29.5 Å². The van der Waals surface area contributed by atoms with Gasteiger partial charge in [0, 0.05) is 13.2 Å². The van der Waals surface area contributed by atoms with Crippen LogP contribution in [0.2, 0.25) is 5.02 Å². The van der Waals surface area contributed by atoms with E-state index in [0.29, 0.717) is 17.5 Å². The summed E-state index contributed by atoms with van der Waals surface area (Å²) in [6.07, 6.45) is 6.35. The molecule has 1 aliphatic carbocycles. The lowest BCUT2D eigenvalue weighted by atomic mass is 10.0. The molecule has 0 amide bonds. The first kappa shape index (κ1) is 16.6. The van der Waals surface area contributed by atoms with Gasteiger partial charge in [-0.25, -0.2) is 0 Å². The van der Waals surface area contributed by atoms with Gasteiger partial charge in [0.2, 0.25) is 0 Å². The zero-order valence-corrected chi connectivity index (χ0v) is 14.8. The second-order valence-corrected chi connectivity index (χ2v) is 7.30. The van der Waals surface area contributed by atoms with E-state index in [2.05, 4.69) is 22.5 Å². The molecule has 1 aromatic carbocycles. The van der Waals surface area contributed by atoms with Crippen molar-refractivity contribution in [3.8, 4) is 5.69 Å². The van der Waals surface area contributed by atoms with Crippen molar-refractivity contribution in [1.29, 1.82) is 0 Å². The molecule has 1 N–H and O–H groups in total. The Balaban J connectivity index is 1.50. The first-order chi connectivity index (χ1) is 12.2. The number of ether oxygens (including phenoxy) is 1. The van der Waals surface area contributed by atoms with Crippen LogP contribution in [0.15, 0.2) is 35.3 Å². The minimum Gasteiger partial charge on any atom is -0.382 e. The fraction of sp³-hybridized carbons (Fsp3) is 0.474. The maximum Gasteiger partial charge on any atom is 0.292 e. The standard InChI is InChI=1S/C19H22ClN3O2/c20-18-17(21-10-13-2-1-9-25-12-13)11-22-23(19(18)24)16-7-5-15(6-8-16)14-3-4-14/h5-8,11,13-14,21H,1-4,9-10,12H2. The quantitative estimate of drug-likeness (QED) is 0.886. The summed E-state index contributed by atoms with van der Waals surface area (Å²) in [6.45, 7) is 2.33. The number of anilines is 1. The van der Waals surface area contributed by atoms with E-state index in [4.69, 9.17) is 16.3 Å². The number of benzene rings is 1. The van der Waals surface area contributed by atoms with Crippen LogP contribution in [0.1, 0.15) is 37.2 Å². The molecule has 1 aromatic heterocycles. The maximum atomic E-state index is 12.6. The van der Waals surface area contributed by atoms with E-state index in [1.54, 1.807) is 6.20 Å². The van der Waals surface area contributed by atoms with Crippen molar-refractivity contribution < 1.29 is 4.74 Å². The number of nitrogens with zero attached hydrogens (tertiary/aromatic N) is 2. The smallest absolute Gasteiger partial charge is 0.292 e. The van der Waals surface area contributed by atoms with Gasteiger partial charge in [-0.15, -0.1) is 0 Å². The van der Waals surface area contributed by atoms with Crippen molar-refractivity contribution in [2.75, 3.05) is 25.1 Å². The van der Waals surface area contributed by atoms with E-state index in [9.17, 15) is 4.79 Å². The van der Waals surface area contributed by atoms with Crippen LogP contribution in [0.25, 0.3) is 5.69 Å². The van der Waals surface area contributed by atoms with E-state index in [1.165, 1.54) is 23.1 Å². The van der Waals surface area contributed by atoms with Crippen LogP contribution >= 0.6 is 11.6 Å². The topological polar surface area (TPSA) is 56.1 Å². The lowest BCUT2D eigenvalue weighted by Gasteiger charge is -2.22. The summed E-state index contributed by atoms with van der Waals surface area (Å²) in [4.78, 5) is 12.6. The predicted octanol–water partition coefficient (Wildman–Crippen LogP) is 3.60. The van der Waals surface area contributed by atoms with Gasteiger partial charge in [-0.2, -0.15) is 9.78 Å². The van der Waals surface area contributed by atoms with Crippen LogP contribution in [0.5, 0.6) is 0 Å². The number of aromatic nitrogens is 2. The average molecular weight is 360 g/mol. The van der Waals surface area contributed by atoms with Gasteiger partial charge >= 0.3 is 0 Å². The first-order valence-corrected chi connectivity index (χ1v) is 9.30. The van der Waals surface area contributed by atoms with E-state index in [1.807, 2.05) is 12.1 Å². The SMILES string of the molecule is O=c1c(Cl)c(NCC2CCCOC2)cnn1-c1ccc(C2CC2)cc1. The average Bonchev–Trinajstić information content (AvgIpc) is 3.49. The first-order valence-electron chi connectivity index (χ1n) is 8.92. The number of hydrogen-bond donors (Lipinski definition) is 1. The number of hydrogen-bond acceptors (Lipinski definition) is 4. The van der Waals surface area contributed by atoms with Crippen LogP contribution < -0.4 is 10.9 Å². The largest absolute Gasteiger partial charge is 0.382 e. The molecule has 1 unspecified atom stereocenters. The zero-order valence-electron chi connectivity index (χ0n) is 14.1. The highest BCUT2D eigenvalue weighted by Gasteiger charge is 2.23. The molecule has 6 heteroatoms. The molecule has 1 atom stereocenters. The van der Waals surface area contributed by atoms with Gasteiger partial charge in [-0.3, -0.25) is 4.79 Å². The Morgan fingerprint density at radius 3 is 2.72 bits per heavy atom. The number of nitrogens with one attached hydrogen (secondary N) is 1.